The molecule has 3 rings (SSSR count). The molecular formula is C16H19KN2O5. The molecule has 124 valence electrons. The Morgan fingerprint density at radius 1 is 1.54 bits per heavy atom. The Labute approximate surface area is 183 Å². The summed E-state index contributed by atoms with van der Waals surface area (Å²) >= 11 is 0. The summed E-state index contributed by atoms with van der Waals surface area (Å²) in [4.78, 5) is 25.2. The Hall–Kier alpha value is -0.274. The molecule has 5 atom stereocenters. The minimum atomic E-state index is -1.37. The van der Waals surface area contributed by atoms with Gasteiger partial charge in [-0.3, -0.25) is 4.79 Å². The fourth-order valence-electron chi connectivity index (χ4n) is 4.24. The maximum Gasteiger partial charge on any atom is 1.00 e. The molecular weight excluding hydrogens is 339 g/mol. The van der Waals surface area contributed by atoms with Gasteiger partial charge in [-0.05, 0) is 31.8 Å². The van der Waals surface area contributed by atoms with E-state index in [-0.39, 0.29) is 88.0 Å². The van der Waals surface area contributed by atoms with E-state index in [0.717, 1.165) is 12.8 Å². The van der Waals surface area contributed by atoms with Crippen LogP contribution in [0.25, 0.3) is 0 Å². The average molecular weight is 358 g/mol. The molecule has 0 radical (unpaired) electrons. The molecule has 2 aliphatic heterocycles. The predicted octanol–water partition coefficient (Wildman–Crippen LogP) is -3.69. The molecule has 1 N–H and O–H groups in total. The van der Waals surface area contributed by atoms with Crippen molar-refractivity contribution in [2.75, 3.05) is 6.61 Å². The molecule has 24 heavy (non-hydrogen) atoms. The number of carbonyl (C=O) groups excluding carboxylic acids is 2. The number of carboxylic acid groups (broad SMARTS) is 1. The molecule has 7 nitrogen and oxygen atoms in total. The zero-order valence-electron chi connectivity index (χ0n) is 13.9. The molecule has 0 aromatic rings. The van der Waals surface area contributed by atoms with Gasteiger partial charge in [0, 0.05) is 5.92 Å². The number of ether oxygens (including phenoxy) is 1. The Balaban J connectivity index is 0.00000208. The van der Waals surface area contributed by atoms with E-state index in [1.807, 2.05) is 6.07 Å². The second-order valence-corrected chi connectivity index (χ2v) is 6.36. The standard InChI is InChI=1S/C16H20N2O5.K/c1-8(19)11-13-9-4-2-5-10(23-7-3-6-17)12(9)14(16(21)22)18(13)15(11)20;/h8-11,13,19H,2-5,7H2,1H3,(H,21,22);/q;+1/p-1/t8-,9+,10+,11-,13-;/m1./s1. The van der Waals surface area contributed by atoms with E-state index in [9.17, 15) is 19.8 Å². The Morgan fingerprint density at radius 3 is 2.83 bits per heavy atom. The number of hydrogen-bond donors (Lipinski definition) is 1. The number of hydrogen-bond acceptors (Lipinski definition) is 6. The fraction of sp³-hybridized carbons (Fsp3) is 0.688. The van der Waals surface area contributed by atoms with Gasteiger partial charge in [-0.1, -0.05) is 0 Å². The summed E-state index contributed by atoms with van der Waals surface area (Å²) < 4.78 is 5.70. The van der Waals surface area contributed by atoms with Gasteiger partial charge in [0.15, 0.2) is 0 Å². The van der Waals surface area contributed by atoms with Crippen molar-refractivity contribution in [3.63, 3.8) is 0 Å². The summed E-state index contributed by atoms with van der Waals surface area (Å²) in [6, 6.07) is 1.68. The van der Waals surface area contributed by atoms with E-state index in [0.29, 0.717) is 12.0 Å². The van der Waals surface area contributed by atoms with Crippen LogP contribution < -0.4 is 56.5 Å². The molecule has 0 spiro atoms. The molecule has 0 aromatic heterocycles. The van der Waals surface area contributed by atoms with Gasteiger partial charge >= 0.3 is 51.4 Å². The molecule has 2 fully saturated rings. The zero-order valence-corrected chi connectivity index (χ0v) is 17.0. The Morgan fingerprint density at radius 2 is 2.25 bits per heavy atom. The number of carbonyl (C=O) groups is 2. The van der Waals surface area contributed by atoms with Crippen LogP contribution in [0.1, 0.15) is 32.6 Å². The van der Waals surface area contributed by atoms with Crippen LogP contribution in [0.4, 0.5) is 0 Å². The zero-order chi connectivity index (χ0) is 16.7. The third kappa shape index (κ3) is 3.12. The van der Waals surface area contributed by atoms with Gasteiger partial charge < -0.3 is 24.6 Å². The van der Waals surface area contributed by atoms with Gasteiger partial charge in [0.2, 0.25) is 5.91 Å². The van der Waals surface area contributed by atoms with Crippen LogP contribution >= 0.6 is 0 Å². The normalized spacial score (nSPS) is 32.2. The average Bonchev–Trinajstić information content (AvgIpc) is 2.79. The number of aliphatic carboxylic acids is 1. The van der Waals surface area contributed by atoms with Gasteiger partial charge in [-0.15, -0.1) is 0 Å². The number of β-lactam (4-membered cyclic amide) rings is 1. The van der Waals surface area contributed by atoms with Gasteiger partial charge in [0.25, 0.3) is 0 Å². The van der Waals surface area contributed by atoms with Crippen molar-refractivity contribution < 1.29 is 75.9 Å². The Bertz CT molecular complexity index is 612. The van der Waals surface area contributed by atoms with Crippen molar-refractivity contribution in [3.05, 3.63) is 11.3 Å². The molecule has 2 heterocycles. The summed E-state index contributed by atoms with van der Waals surface area (Å²) in [5, 5.41) is 30.1. The Kier molecular flexibility index (Phi) is 6.64. The van der Waals surface area contributed by atoms with Crippen molar-refractivity contribution in [3.8, 4) is 6.07 Å². The SMILES string of the molecule is C[C@@H](O)[C@H]1C(=O)N2C(C(=O)[O-])=C3[C@@H](OCCC#N)CCC[C@@H]3[C@H]12.[K+]. The van der Waals surface area contributed by atoms with E-state index in [2.05, 4.69) is 0 Å². The van der Waals surface area contributed by atoms with Crippen LogP contribution in [0.2, 0.25) is 0 Å². The van der Waals surface area contributed by atoms with Crippen LogP contribution in [0.15, 0.2) is 11.3 Å². The molecule has 0 aromatic carbocycles. The summed E-state index contributed by atoms with van der Waals surface area (Å²) in [5.41, 5.74) is 0.527. The van der Waals surface area contributed by atoms with Crippen molar-refractivity contribution >= 4 is 11.9 Å². The van der Waals surface area contributed by atoms with Gasteiger partial charge in [0.05, 0.1) is 54.9 Å². The number of nitriles is 1. The number of amides is 1. The molecule has 0 bridgehead atoms. The smallest absolute Gasteiger partial charge is 0.543 e. The van der Waals surface area contributed by atoms with Crippen LogP contribution in [0, 0.1) is 23.2 Å². The van der Waals surface area contributed by atoms with Crippen molar-refractivity contribution in [1.29, 1.82) is 5.26 Å². The first kappa shape index (κ1) is 20.0. The summed E-state index contributed by atoms with van der Waals surface area (Å²) in [6.45, 7) is 1.79. The van der Waals surface area contributed by atoms with Crippen molar-refractivity contribution in [2.24, 2.45) is 11.8 Å². The van der Waals surface area contributed by atoms with E-state index in [1.54, 1.807) is 6.92 Å². The molecule has 3 aliphatic rings. The molecule has 1 aliphatic carbocycles. The molecule has 1 saturated carbocycles. The predicted molar refractivity (Wildman–Crippen MR) is 75.1 cm³/mol. The van der Waals surface area contributed by atoms with Gasteiger partial charge in [-0.2, -0.15) is 5.26 Å². The number of fused-ring (bicyclic) bond motifs is 3. The van der Waals surface area contributed by atoms with Crippen LogP contribution in [0.5, 0.6) is 0 Å². The van der Waals surface area contributed by atoms with Crippen molar-refractivity contribution in [2.45, 2.75) is 50.9 Å². The van der Waals surface area contributed by atoms with E-state index in [4.69, 9.17) is 10.00 Å². The molecule has 8 heteroatoms. The number of carboxylic acids is 1. The largest absolute Gasteiger partial charge is 1.00 e. The first-order valence-corrected chi connectivity index (χ1v) is 7.94. The monoisotopic (exact) mass is 358 g/mol. The summed E-state index contributed by atoms with van der Waals surface area (Å²) in [6.07, 6.45) is 1.31. The van der Waals surface area contributed by atoms with Crippen molar-refractivity contribution in [1.82, 2.24) is 4.90 Å². The maximum absolute atomic E-state index is 12.3. The number of aliphatic hydroxyl groups excluding tert-OH is 1. The van der Waals surface area contributed by atoms with Gasteiger partial charge in [-0.25, -0.2) is 0 Å². The third-order valence-corrected chi connectivity index (χ3v) is 5.09. The first-order valence-electron chi connectivity index (χ1n) is 7.94. The number of nitrogens with zero attached hydrogens (tertiary/aromatic N) is 2. The third-order valence-electron chi connectivity index (χ3n) is 5.09. The second kappa shape index (κ2) is 7.95. The molecule has 1 saturated heterocycles. The molecule has 0 unspecified atom stereocenters. The van der Waals surface area contributed by atoms with Crippen LogP contribution in [0.3, 0.4) is 0 Å². The fourth-order valence-corrected chi connectivity index (χ4v) is 4.24. The topological polar surface area (TPSA) is 114 Å². The summed E-state index contributed by atoms with van der Waals surface area (Å²) in [5.74, 6) is -2.41. The minimum Gasteiger partial charge on any atom is -0.543 e. The minimum absolute atomic E-state index is 0. The van der Waals surface area contributed by atoms with Crippen LogP contribution in [-0.2, 0) is 14.3 Å². The van der Waals surface area contributed by atoms with Crippen LogP contribution in [-0.4, -0.2) is 46.7 Å². The molecule has 1 amide bonds. The number of aliphatic hydroxyl groups is 1. The quantitative estimate of drug-likeness (QED) is 0.308. The summed E-state index contributed by atoms with van der Waals surface area (Å²) in [7, 11) is 0. The van der Waals surface area contributed by atoms with Gasteiger partial charge in [0.1, 0.15) is 0 Å². The van der Waals surface area contributed by atoms with E-state index >= 15 is 0 Å². The van der Waals surface area contributed by atoms with E-state index < -0.39 is 24.1 Å². The second-order valence-electron chi connectivity index (χ2n) is 6.36. The first-order chi connectivity index (χ1) is 11.0. The van der Waals surface area contributed by atoms with E-state index in [1.165, 1.54) is 4.90 Å². The maximum atomic E-state index is 12.3. The number of rotatable bonds is 5.